The van der Waals surface area contributed by atoms with Gasteiger partial charge in [-0.1, -0.05) is 21.4 Å². The molecule has 0 saturated carbocycles. The molecule has 6 nitrogen and oxygen atoms in total. The second-order valence-corrected chi connectivity index (χ2v) is 3.08. The molecule has 0 saturated heterocycles. The molecular formula is C8H12N6. The highest BCUT2D eigenvalue weighted by Gasteiger charge is 2.04. The molecule has 0 aromatic carbocycles. The normalized spacial score (nSPS) is 8.00. The van der Waals surface area contributed by atoms with Gasteiger partial charge < -0.3 is 0 Å². The maximum absolute atomic E-state index is 8.35. The van der Waals surface area contributed by atoms with Crippen molar-refractivity contribution < 1.29 is 0 Å². The fourth-order valence-corrected chi connectivity index (χ4v) is 0.858. The van der Waals surface area contributed by atoms with Gasteiger partial charge in [0.15, 0.2) is 0 Å². The van der Waals surface area contributed by atoms with Crippen LogP contribution >= 0.6 is 0 Å². The van der Waals surface area contributed by atoms with Gasteiger partial charge in [0, 0.05) is 21.2 Å². The van der Waals surface area contributed by atoms with E-state index in [1.807, 2.05) is 0 Å². The summed E-state index contributed by atoms with van der Waals surface area (Å²) < 4.78 is 0. The van der Waals surface area contributed by atoms with Crippen molar-refractivity contribution in [2.75, 3.05) is 0 Å². The van der Waals surface area contributed by atoms with Crippen LogP contribution in [0.1, 0.15) is 27.7 Å². The number of rotatable bonds is 3. The van der Waals surface area contributed by atoms with Gasteiger partial charge in [-0.3, -0.25) is 0 Å². The minimum Gasteiger partial charge on any atom is -0.0664 e. The van der Waals surface area contributed by atoms with Crippen molar-refractivity contribution in [3.63, 3.8) is 0 Å². The Labute approximate surface area is 82.2 Å². The predicted molar refractivity (Wildman–Crippen MR) is 55.0 cm³/mol. The third-order valence-electron chi connectivity index (χ3n) is 1.46. The highest BCUT2D eigenvalue weighted by atomic mass is 15.2. The van der Waals surface area contributed by atoms with Crippen LogP contribution in [0.5, 0.6) is 0 Å². The van der Waals surface area contributed by atoms with E-state index in [0.29, 0.717) is 11.4 Å². The van der Waals surface area contributed by atoms with Gasteiger partial charge >= 0.3 is 0 Å². The summed E-state index contributed by atoms with van der Waals surface area (Å²) in [5, 5.41) is 7.00. The lowest BCUT2D eigenvalue weighted by molar-refractivity contribution is 1.10. The molecule has 0 aliphatic heterocycles. The third-order valence-corrected chi connectivity index (χ3v) is 1.46. The Kier molecular flexibility index (Phi) is 4.92. The lowest BCUT2D eigenvalue weighted by Gasteiger charge is -2.05. The molecule has 0 amide bonds. The van der Waals surface area contributed by atoms with Crippen molar-refractivity contribution in [1.82, 2.24) is 0 Å². The van der Waals surface area contributed by atoms with Gasteiger partial charge in [-0.15, -0.1) is 0 Å². The SMILES string of the molecule is CC(C)=C(N=[N+]=[N-])C(N=[N+]=[N-])=C(C)C. The highest BCUT2D eigenvalue weighted by Crippen LogP contribution is 2.21. The number of hydrogen-bond donors (Lipinski definition) is 0. The lowest BCUT2D eigenvalue weighted by atomic mass is 10.1. The Morgan fingerprint density at radius 1 is 0.786 bits per heavy atom. The van der Waals surface area contributed by atoms with Crippen molar-refractivity contribution in [1.29, 1.82) is 0 Å². The van der Waals surface area contributed by atoms with Crippen LogP contribution in [0.3, 0.4) is 0 Å². The van der Waals surface area contributed by atoms with Gasteiger partial charge in [0.25, 0.3) is 0 Å². The zero-order valence-electron chi connectivity index (χ0n) is 8.68. The Morgan fingerprint density at radius 2 is 1.07 bits per heavy atom. The number of allylic oxidation sites excluding steroid dienone is 2. The maximum Gasteiger partial charge on any atom is 0.0456 e. The van der Waals surface area contributed by atoms with Gasteiger partial charge in [-0.25, -0.2) is 0 Å². The summed E-state index contributed by atoms with van der Waals surface area (Å²) in [5.41, 5.74) is 19.1. The fourth-order valence-electron chi connectivity index (χ4n) is 0.858. The number of nitrogens with zero attached hydrogens (tertiary/aromatic N) is 6. The smallest absolute Gasteiger partial charge is 0.0456 e. The van der Waals surface area contributed by atoms with Gasteiger partial charge in [-0.05, 0) is 38.8 Å². The minimum absolute atomic E-state index is 0.394. The van der Waals surface area contributed by atoms with E-state index >= 15 is 0 Å². The average Bonchev–Trinajstić information content (AvgIpc) is 2.10. The Hall–Kier alpha value is -1.90. The second kappa shape index (κ2) is 5.70. The molecule has 0 fully saturated rings. The van der Waals surface area contributed by atoms with Crippen molar-refractivity contribution in [3.8, 4) is 0 Å². The molecule has 0 aliphatic rings. The third kappa shape index (κ3) is 3.23. The summed E-state index contributed by atoms with van der Waals surface area (Å²) in [6, 6.07) is 0. The highest BCUT2D eigenvalue weighted by molar-refractivity contribution is 5.35. The molecule has 0 aromatic heterocycles. The van der Waals surface area contributed by atoms with E-state index in [1.165, 1.54) is 0 Å². The molecule has 0 radical (unpaired) electrons. The zero-order chi connectivity index (χ0) is 11.1. The van der Waals surface area contributed by atoms with Crippen LogP contribution in [0, 0.1) is 0 Å². The summed E-state index contributed by atoms with van der Waals surface area (Å²) in [6.07, 6.45) is 0. The molecule has 0 bridgehead atoms. The van der Waals surface area contributed by atoms with Crippen LogP contribution in [0.2, 0.25) is 0 Å². The van der Waals surface area contributed by atoms with Crippen LogP contribution in [-0.4, -0.2) is 0 Å². The van der Waals surface area contributed by atoms with E-state index in [-0.39, 0.29) is 0 Å². The predicted octanol–water partition coefficient (Wildman–Crippen LogP) is 4.19. The quantitative estimate of drug-likeness (QED) is 0.277. The summed E-state index contributed by atoms with van der Waals surface area (Å²) in [6.45, 7) is 7.17. The van der Waals surface area contributed by atoms with Gasteiger partial charge in [0.2, 0.25) is 0 Å². The first-order valence-corrected chi connectivity index (χ1v) is 4.00. The summed E-state index contributed by atoms with van der Waals surface area (Å²) in [7, 11) is 0. The molecule has 0 atom stereocenters. The Bertz CT molecular complexity index is 331. The van der Waals surface area contributed by atoms with E-state index in [2.05, 4.69) is 20.1 Å². The Balaban J connectivity index is 5.63. The summed E-state index contributed by atoms with van der Waals surface area (Å²) >= 11 is 0. The first-order chi connectivity index (χ1) is 6.54. The summed E-state index contributed by atoms with van der Waals surface area (Å²) in [5.74, 6) is 0. The molecule has 0 spiro atoms. The molecule has 0 aromatic rings. The average molecular weight is 192 g/mol. The lowest BCUT2D eigenvalue weighted by Crippen LogP contribution is -1.88. The van der Waals surface area contributed by atoms with E-state index in [1.54, 1.807) is 27.7 Å². The number of hydrogen-bond acceptors (Lipinski definition) is 2. The second-order valence-electron chi connectivity index (χ2n) is 3.08. The van der Waals surface area contributed by atoms with Crippen LogP contribution in [0.25, 0.3) is 20.9 Å². The van der Waals surface area contributed by atoms with Crippen LogP contribution in [0.15, 0.2) is 32.8 Å². The van der Waals surface area contributed by atoms with E-state index in [4.69, 9.17) is 11.1 Å². The van der Waals surface area contributed by atoms with Crippen molar-refractivity contribution in [2.24, 2.45) is 10.2 Å². The first-order valence-electron chi connectivity index (χ1n) is 4.00. The van der Waals surface area contributed by atoms with Gasteiger partial charge in [0.05, 0.1) is 0 Å². The van der Waals surface area contributed by atoms with Crippen LogP contribution in [0.4, 0.5) is 0 Å². The number of azide groups is 2. The largest absolute Gasteiger partial charge is 0.0664 e. The first kappa shape index (κ1) is 12.1. The van der Waals surface area contributed by atoms with E-state index in [0.717, 1.165) is 11.1 Å². The zero-order valence-corrected chi connectivity index (χ0v) is 8.68. The molecule has 0 heterocycles. The monoisotopic (exact) mass is 192 g/mol. The van der Waals surface area contributed by atoms with Crippen molar-refractivity contribution in [2.45, 2.75) is 27.7 Å². The van der Waals surface area contributed by atoms with Crippen molar-refractivity contribution in [3.05, 3.63) is 43.4 Å². The molecular weight excluding hydrogens is 180 g/mol. The summed E-state index contributed by atoms with van der Waals surface area (Å²) in [4.78, 5) is 5.38. The standard InChI is InChI=1S/C8H12N6/c1-5(2)7(11-13-9)8(6(3)4)12-14-10/h1-4H3. The van der Waals surface area contributed by atoms with Gasteiger partial charge in [0.1, 0.15) is 0 Å². The van der Waals surface area contributed by atoms with Crippen molar-refractivity contribution >= 4 is 0 Å². The molecule has 6 heteroatoms. The molecule has 0 rings (SSSR count). The van der Waals surface area contributed by atoms with Crippen LogP contribution in [-0.2, 0) is 0 Å². The molecule has 0 aliphatic carbocycles. The van der Waals surface area contributed by atoms with Crippen LogP contribution < -0.4 is 0 Å². The van der Waals surface area contributed by atoms with E-state index in [9.17, 15) is 0 Å². The molecule has 0 N–H and O–H groups in total. The molecule has 14 heavy (non-hydrogen) atoms. The Morgan fingerprint density at radius 3 is 1.21 bits per heavy atom. The van der Waals surface area contributed by atoms with E-state index < -0.39 is 0 Å². The van der Waals surface area contributed by atoms with Gasteiger partial charge in [-0.2, -0.15) is 0 Å². The molecule has 74 valence electrons. The fraction of sp³-hybridized carbons (Fsp3) is 0.500. The molecule has 0 unspecified atom stereocenters. The minimum atomic E-state index is 0.394. The maximum atomic E-state index is 8.35. The topological polar surface area (TPSA) is 97.5 Å².